The smallest absolute Gasteiger partial charge is 0.269 e. The van der Waals surface area contributed by atoms with Crippen molar-refractivity contribution in [2.45, 2.75) is 26.3 Å². The summed E-state index contributed by atoms with van der Waals surface area (Å²) in [6, 6.07) is 4.99. The lowest BCUT2D eigenvalue weighted by atomic mass is 9.98. The Morgan fingerprint density at radius 1 is 1.36 bits per heavy atom. The summed E-state index contributed by atoms with van der Waals surface area (Å²) in [7, 11) is 0. The van der Waals surface area contributed by atoms with Gasteiger partial charge < -0.3 is 11.1 Å². The van der Waals surface area contributed by atoms with E-state index in [4.69, 9.17) is 5.73 Å². The van der Waals surface area contributed by atoms with Crippen LogP contribution in [0.4, 0.5) is 5.69 Å². The summed E-state index contributed by atoms with van der Waals surface area (Å²) in [6.45, 7) is 3.73. The fraction of sp³-hybridized carbons (Fsp3) is 0.312. The van der Waals surface area contributed by atoms with E-state index in [9.17, 15) is 19.7 Å². The molecular weight excluding hydrogens is 326 g/mol. The number of benzene rings is 1. The summed E-state index contributed by atoms with van der Waals surface area (Å²) < 4.78 is 1.42. The van der Waals surface area contributed by atoms with E-state index in [-0.39, 0.29) is 17.2 Å². The molecule has 0 saturated carbocycles. The Morgan fingerprint density at radius 2 is 2.00 bits per heavy atom. The number of carbonyl (C=O) groups excluding carboxylic acids is 2. The second kappa shape index (κ2) is 7.56. The van der Waals surface area contributed by atoms with Crippen molar-refractivity contribution in [1.82, 2.24) is 15.1 Å². The van der Waals surface area contributed by atoms with Crippen LogP contribution in [0.25, 0.3) is 5.69 Å². The highest BCUT2D eigenvalue weighted by Gasteiger charge is 2.24. The first-order valence-corrected chi connectivity index (χ1v) is 7.73. The van der Waals surface area contributed by atoms with Crippen molar-refractivity contribution >= 4 is 17.5 Å². The number of nitrogens with two attached hydrogens (primary N) is 1. The molecule has 0 aliphatic rings. The number of nitro groups is 1. The number of aromatic nitrogens is 2. The van der Waals surface area contributed by atoms with E-state index in [0.717, 1.165) is 0 Å². The van der Waals surface area contributed by atoms with E-state index in [1.54, 1.807) is 0 Å². The number of non-ortho nitro benzene ring substituents is 1. The van der Waals surface area contributed by atoms with E-state index < -0.39 is 22.8 Å². The molecule has 2 aromatic rings. The highest BCUT2D eigenvalue weighted by atomic mass is 16.6. The van der Waals surface area contributed by atoms with Gasteiger partial charge in [-0.15, -0.1) is 0 Å². The van der Waals surface area contributed by atoms with E-state index in [1.165, 1.54) is 41.3 Å². The Morgan fingerprint density at radius 3 is 2.52 bits per heavy atom. The van der Waals surface area contributed by atoms with Crippen LogP contribution in [0.2, 0.25) is 0 Å². The normalized spacial score (nSPS) is 13.0. The average molecular weight is 345 g/mol. The molecule has 0 saturated heterocycles. The van der Waals surface area contributed by atoms with Gasteiger partial charge in [-0.05, 0) is 18.1 Å². The van der Waals surface area contributed by atoms with Crippen molar-refractivity contribution in [2.24, 2.45) is 11.7 Å². The fourth-order valence-corrected chi connectivity index (χ4v) is 2.26. The first-order valence-electron chi connectivity index (χ1n) is 7.73. The van der Waals surface area contributed by atoms with Crippen molar-refractivity contribution < 1.29 is 14.5 Å². The molecule has 1 heterocycles. The summed E-state index contributed by atoms with van der Waals surface area (Å²) in [5.74, 6) is -1.14. The summed E-state index contributed by atoms with van der Waals surface area (Å²) in [5.41, 5.74) is 6.13. The molecule has 9 nitrogen and oxygen atoms in total. The third-order valence-electron chi connectivity index (χ3n) is 3.98. The molecule has 1 aromatic heterocycles. The van der Waals surface area contributed by atoms with Gasteiger partial charge in [-0.25, -0.2) is 4.68 Å². The van der Waals surface area contributed by atoms with Gasteiger partial charge in [0.2, 0.25) is 5.91 Å². The Balaban J connectivity index is 2.15. The van der Waals surface area contributed by atoms with E-state index >= 15 is 0 Å². The van der Waals surface area contributed by atoms with Gasteiger partial charge in [0.15, 0.2) is 0 Å². The van der Waals surface area contributed by atoms with Crippen molar-refractivity contribution in [3.05, 3.63) is 52.3 Å². The molecule has 2 amide bonds. The molecule has 2 unspecified atom stereocenters. The van der Waals surface area contributed by atoms with Crippen molar-refractivity contribution in [2.75, 3.05) is 0 Å². The van der Waals surface area contributed by atoms with Crippen molar-refractivity contribution in [3.63, 3.8) is 0 Å². The zero-order chi connectivity index (χ0) is 18.6. The minimum Gasteiger partial charge on any atom is -0.368 e. The minimum atomic E-state index is -0.764. The topological polar surface area (TPSA) is 133 Å². The molecule has 9 heteroatoms. The summed E-state index contributed by atoms with van der Waals surface area (Å²) in [6.07, 6.45) is 3.52. The number of nitrogens with one attached hydrogen (secondary N) is 1. The third kappa shape index (κ3) is 4.19. The lowest BCUT2D eigenvalue weighted by molar-refractivity contribution is -0.384. The molecule has 3 N–H and O–H groups in total. The minimum absolute atomic E-state index is 0.0354. The predicted octanol–water partition coefficient (Wildman–Crippen LogP) is 1.41. The lowest BCUT2D eigenvalue weighted by Crippen LogP contribution is -2.48. The summed E-state index contributed by atoms with van der Waals surface area (Å²) >= 11 is 0. The van der Waals surface area contributed by atoms with Crippen LogP contribution in [0.5, 0.6) is 0 Å². The molecule has 0 spiro atoms. The first-order chi connectivity index (χ1) is 11.8. The molecule has 25 heavy (non-hydrogen) atoms. The third-order valence-corrected chi connectivity index (χ3v) is 3.98. The molecule has 2 rings (SSSR count). The second-order valence-electron chi connectivity index (χ2n) is 5.69. The van der Waals surface area contributed by atoms with Crippen LogP contribution in [0.3, 0.4) is 0 Å². The highest BCUT2D eigenvalue weighted by Crippen LogP contribution is 2.15. The maximum absolute atomic E-state index is 12.3. The molecule has 0 radical (unpaired) electrons. The van der Waals surface area contributed by atoms with Gasteiger partial charge in [-0.2, -0.15) is 5.10 Å². The van der Waals surface area contributed by atoms with Crippen LogP contribution in [0, 0.1) is 16.0 Å². The number of amides is 2. The average Bonchev–Trinajstić information content (AvgIpc) is 3.08. The number of hydrogen-bond donors (Lipinski definition) is 2. The molecule has 0 bridgehead atoms. The van der Waals surface area contributed by atoms with Gasteiger partial charge >= 0.3 is 0 Å². The Hall–Kier alpha value is -3.23. The molecular formula is C16H19N5O4. The van der Waals surface area contributed by atoms with Gasteiger partial charge in [-0.3, -0.25) is 19.7 Å². The van der Waals surface area contributed by atoms with Crippen molar-refractivity contribution in [3.8, 4) is 5.69 Å². The standard InChI is InChI=1S/C16H19N5O4/c1-3-10(2)14(15(17)22)19-16(23)11-8-18-20(9-11)12-4-6-13(7-5-12)21(24)25/h4-10,14H,3H2,1-2H3,(H2,17,22)(H,19,23). The zero-order valence-electron chi connectivity index (χ0n) is 13.9. The van der Waals surface area contributed by atoms with Crippen LogP contribution in [-0.4, -0.2) is 32.6 Å². The van der Waals surface area contributed by atoms with Gasteiger partial charge in [0.05, 0.1) is 22.4 Å². The Bertz CT molecular complexity index is 784. The maximum Gasteiger partial charge on any atom is 0.269 e. The largest absolute Gasteiger partial charge is 0.368 e. The Labute approximate surface area is 144 Å². The second-order valence-corrected chi connectivity index (χ2v) is 5.69. The number of hydrogen-bond acceptors (Lipinski definition) is 5. The lowest BCUT2D eigenvalue weighted by Gasteiger charge is -2.20. The van der Waals surface area contributed by atoms with Crippen molar-refractivity contribution in [1.29, 1.82) is 0 Å². The van der Waals surface area contributed by atoms with Crippen LogP contribution in [0.15, 0.2) is 36.7 Å². The van der Waals surface area contributed by atoms with Gasteiger partial charge in [0, 0.05) is 18.3 Å². The van der Waals surface area contributed by atoms with Gasteiger partial charge in [0.25, 0.3) is 11.6 Å². The Kier molecular flexibility index (Phi) is 5.48. The van der Waals surface area contributed by atoms with E-state index in [1.807, 2.05) is 13.8 Å². The summed E-state index contributed by atoms with van der Waals surface area (Å²) in [4.78, 5) is 34.0. The van der Waals surface area contributed by atoms with Gasteiger partial charge in [-0.1, -0.05) is 20.3 Å². The zero-order valence-corrected chi connectivity index (χ0v) is 13.9. The number of nitro benzene ring substituents is 1. The SMILES string of the molecule is CCC(C)C(NC(=O)c1cnn(-c2ccc([N+](=O)[O-])cc2)c1)C(N)=O. The van der Waals surface area contributed by atoms with E-state index in [0.29, 0.717) is 12.1 Å². The molecule has 2 atom stereocenters. The van der Waals surface area contributed by atoms with Crippen LogP contribution < -0.4 is 11.1 Å². The quantitative estimate of drug-likeness (QED) is 0.578. The van der Waals surface area contributed by atoms with Gasteiger partial charge in [0.1, 0.15) is 6.04 Å². The monoisotopic (exact) mass is 345 g/mol. The number of rotatable bonds is 7. The number of primary amides is 1. The first kappa shape index (κ1) is 18.1. The maximum atomic E-state index is 12.3. The van der Waals surface area contributed by atoms with Crippen LogP contribution in [0.1, 0.15) is 30.6 Å². The summed E-state index contributed by atoms with van der Waals surface area (Å²) in [5, 5.41) is 17.4. The van der Waals surface area contributed by atoms with Crippen LogP contribution >= 0.6 is 0 Å². The van der Waals surface area contributed by atoms with E-state index in [2.05, 4.69) is 10.4 Å². The molecule has 0 aliphatic heterocycles. The molecule has 0 aliphatic carbocycles. The fourth-order valence-electron chi connectivity index (χ4n) is 2.26. The van der Waals surface area contributed by atoms with Crippen LogP contribution in [-0.2, 0) is 4.79 Å². The number of nitrogens with zero attached hydrogens (tertiary/aromatic N) is 3. The predicted molar refractivity (Wildman–Crippen MR) is 90.1 cm³/mol. The molecule has 1 aromatic carbocycles. The molecule has 132 valence electrons. The molecule has 0 fully saturated rings. The highest BCUT2D eigenvalue weighted by molar-refractivity contribution is 5.97. The number of carbonyl (C=O) groups is 2.